The average molecular weight is 353 g/mol. The zero-order valence-corrected chi connectivity index (χ0v) is 12.8. The third-order valence-corrected chi connectivity index (χ3v) is 6.36. The first-order chi connectivity index (χ1) is 8.79. The minimum atomic E-state index is 0.758. The highest BCUT2D eigenvalue weighted by molar-refractivity contribution is 14.1. The maximum atomic E-state index is 3.88. The summed E-state index contributed by atoms with van der Waals surface area (Å²) in [5.41, 5.74) is 1.36. The summed E-state index contributed by atoms with van der Waals surface area (Å²) in [5, 5.41) is 3.88. The molecule has 0 saturated heterocycles. The van der Waals surface area contributed by atoms with E-state index in [4.69, 9.17) is 0 Å². The van der Waals surface area contributed by atoms with Gasteiger partial charge in [-0.25, -0.2) is 0 Å². The molecule has 4 aliphatic carbocycles. The molecule has 18 heavy (non-hydrogen) atoms. The zero-order valence-electron chi connectivity index (χ0n) is 10.6. The smallest absolute Gasteiger partial charge is 0.0478 e. The molecule has 0 atom stereocenters. The van der Waals surface area contributed by atoms with Crippen molar-refractivity contribution in [2.45, 2.75) is 38.1 Å². The van der Waals surface area contributed by atoms with Gasteiger partial charge < -0.3 is 5.32 Å². The largest absolute Gasteiger partial charge is 0.381 e. The van der Waals surface area contributed by atoms with Gasteiger partial charge in [-0.1, -0.05) is 12.1 Å². The molecular weight excluding hydrogens is 333 g/mol. The lowest BCUT2D eigenvalue weighted by atomic mass is 9.54. The van der Waals surface area contributed by atoms with Gasteiger partial charge in [0.1, 0.15) is 0 Å². The first-order valence-electron chi connectivity index (χ1n) is 7.30. The Kier molecular flexibility index (Phi) is 2.82. The highest BCUT2D eigenvalue weighted by Crippen LogP contribution is 2.54. The van der Waals surface area contributed by atoms with Crippen molar-refractivity contribution in [3.05, 3.63) is 27.8 Å². The maximum Gasteiger partial charge on any atom is 0.0478 e. The van der Waals surface area contributed by atoms with Crippen LogP contribution in [0.2, 0.25) is 0 Å². The summed E-state index contributed by atoms with van der Waals surface area (Å²) in [4.78, 5) is 0. The molecule has 0 unspecified atom stereocenters. The van der Waals surface area contributed by atoms with Gasteiger partial charge in [-0.15, -0.1) is 0 Å². The van der Waals surface area contributed by atoms with Crippen LogP contribution in [0.25, 0.3) is 0 Å². The Morgan fingerprint density at radius 2 is 1.50 bits per heavy atom. The van der Waals surface area contributed by atoms with Gasteiger partial charge in [-0.05, 0) is 90.5 Å². The molecule has 1 N–H and O–H groups in total. The maximum absolute atomic E-state index is 3.88. The monoisotopic (exact) mass is 353 g/mol. The molecule has 0 amide bonds. The van der Waals surface area contributed by atoms with Crippen molar-refractivity contribution in [3.63, 3.8) is 0 Å². The lowest BCUT2D eigenvalue weighted by Gasteiger charge is -2.54. The second-order valence-electron chi connectivity index (χ2n) is 6.58. The molecule has 4 fully saturated rings. The molecule has 4 saturated carbocycles. The molecular formula is C16H20IN. The molecule has 0 spiro atoms. The number of benzene rings is 1. The Balaban J connectivity index is 1.57. The van der Waals surface area contributed by atoms with Gasteiger partial charge in [0.25, 0.3) is 0 Å². The topological polar surface area (TPSA) is 12.0 Å². The second-order valence-corrected chi connectivity index (χ2v) is 7.74. The van der Waals surface area contributed by atoms with E-state index in [1.807, 2.05) is 0 Å². The van der Waals surface area contributed by atoms with E-state index >= 15 is 0 Å². The lowest BCUT2D eigenvalue weighted by molar-refractivity contribution is 0.00752. The van der Waals surface area contributed by atoms with Crippen LogP contribution in [0.15, 0.2) is 24.3 Å². The van der Waals surface area contributed by atoms with Crippen LogP contribution >= 0.6 is 22.6 Å². The third-order valence-electron chi connectivity index (χ3n) is 5.42. The average Bonchev–Trinajstić information content (AvgIpc) is 2.35. The van der Waals surface area contributed by atoms with E-state index in [1.54, 1.807) is 6.42 Å². The molecule has 1 nitrogen and oxygen atoms in total. The van der Waals surface area contributed by atoms with Gasteiger partial charge in [0.05, 0.1) is 0 Å². The Hall–Kier alpha value is -0.250. The first-order valence-corrected chi connectivity index (χ1v) is 8.38. The van der Waals surface area contributed by atoms with Crippen LogP contribution < -0.4 is 5.32 Å². The first kappa shape index (κ1) is 11.6. The van der Waals surface area contributed by atoms with E-state index < -0.39 is 0 Å². The molecule has 2 heteroatoms. The van der Waals surface area contributed by atoms with E-state index in [0.29, 0.717) is 0 Å². The summed E-state index contributed by atoms with van der Waals surface area (Å²) >= 11 is 2.45. The van der Waals surface area contributed by atoms with Crippen LogP contribution in [0, 0.1) is 27.2 Å². The standard InChI is InChI=1S/C16H20IN/c17-14-3-1-2-4-15(14)18-16-12-6-10-5-11(8-12)9-13(16)7-10/h1-4,10-13,16,18H,5-9H2. The quantitative estimate of drug-likeness (QED) is 0.771. The van der Waals surface area contributed by atoms with Crippen molar-refractivity contribution in [2.75, 3.05) is 5.32 Å². The van der Waals surface area contributed by atoms with Crippen LogP contribution in [0.5, 0.6) is 0 Å². The van der Waals surface area contributed by atoms with Gasteiger partial charge in [0.15, 0.2) is 0 Å². The summed E-state index contributed by atoms with van der Waals surface area (Å²) in [6.07, 6.45) is 7.52. The summed E-state index contributed by atoms with van der Waals surface area (Å²) in [6, 6.07) is 9.49. The fraction of sp³-hybridized carbons (Fsp3) is 0.625. The van der Waals surface area contributed by atoms with Crippen LogP contribution in [-0.2, 0) is 0 Å². The molecule has 0 heterocycles. The highest BCUT2D eigenvalue weighted by Gasteiger charge is 2.48. The van der Waals surface area contributed by atoms with Crippen molar-refractivity contribution in [3.8, 4) is 0 Å². The fourth-order valence-electron chi connectivity index (χ4n) is 4.92. The number of rotatable bonds is 2. The molecule has 4 aliphatic rings. The Morgan fingerprint density at radius 3 is 2.11 bits per heavy atom. The lowest BCUT2D eigenvalue weighted by Crippen LogP contribution is -2.51. The molecule has 0 aliphatic heterocycles. The zero-order chi connectivity index (χ0) is 12.1. The number of anilines is 1. The van der Waals surface area contributed by atoms with Crippen LogP contribution in [-0.4, -0.2) is 6.04 Å². The molecule has 1 aromatic rings. The van der Waals surface area contributed by atoms with E-state index in [1.165, 1.54) is 34.9 Å². The number of nitrogens with one attached hydrogen (secondary N) is 1. The van der Waals surface area contributed by atoms with Gasteiger partial charge in [-0.2, -0.15) is 0 Å². The van der Waals surface area contributed by atoms with Gasteiger partial charge in [0, 0.05) is 15.3 Å². The van der Waals surface area contributed by atoms with Crippen LogP contribution in [0.3, 0.4) is 0 Å². The molecule has 0 aromatic heterocycles. The molecule has 0 radical (unpaired) electrons. The molecule has 96 valence electrons. The minimum Gasteiger partial charge on any atom is -0.381 e. The van der Waals surface area contributed by atoms with Crippen molar-refractivity contribution in [2.24, 2.45) is 23.7 Å². The normalized spacial score (nSPS) is 41.1. The van der Waals surface area contributed by atoms with Crippen molar-refractivity contribution in [1.82, 2.24) is 0 Å². The Morgan fingerprint density at radius 1 is 0.889 bits per heavy atom. The Bertz CT molecular complexity index is 428. The summed E-state index contributed by atoms with van der Waals surface area (Å²) < 4.78 is 1.36. The van der Waals surface area contributed by atoms with Crippen molar-refractivity contribution >= 4 is 28.3 Å². The predicted molar refractivity (Wildman–Crippen MR) is 83.6 cm³/mol. The van der Waals surface area contributed by atoms with E-state index in [9.17, 15) is 0 Å². The minimum absolute atomic E-state index is 0.758. The fourth-order valence-corrected chi connectivity index (χ4v) is 5.46. The van der Waals surface area contributed by atoms with E-state index in [0.717, 1.165) is 29.7 Å². The van der Waals surface area contributed by atoms with Crippen LogP contribution in [0.1, 0.15) is 32.1 Å². The number of para-hydroxylation sites is 1. The third kappa shape index (κ3) is 1.87. The number of hydrogen-bond donors (Lipinski definition) is 1. The van der Waals surface area contributed by atoms with E-state index in [2.05, 4.69) is 52.2 Å². The molecule has 1 aromatic carbocycles. The summed E-state index contributed by atoms with van der Waals surface area (Å²) in [7, 11) is 0. The van der Waals surface area contributed by atoms with Crippen LogP contribution in [0.4, 0.5) is 5.69 Å². The number of halogens is 1. The van der Waals surface area contributed by atoms with Crippen molar-refractivity contribution in [1.29, 1.82) is 0 Å². The SMILES string of the molecule is Ic1ccccc1NC1C2CC3CC(C2)CC1C3. The predicted octanol–water partition coefficient (Wildman–Crippen LogP) is 4.53. The van der Waals surface area contributed by atoms with E-state index in [-0.39, 0.29) is 0 Å². The number of hydrogen-bond acceptors (Lipinski definition) is 1. The van der Waals surface area contributed by atoms with Gasteiger partial charge >= 0.3 is 0 Å². The molecule has 5 rings (SSSR count). The second kappa shape index (κ2) is 4.39. The highest BCUT2D eigenvalue weighted by atomic mass is 127. The van der Waals surface area contributed by atoms with Gasteiger partial charge in [0.2, 0.25) is 0 Å². The summed E-state index contributed by atoms with van der Waals surface area (Å²) in [5.74, 6) is 4.05. The molecule has 4 bridgehead atoms. The van der Waals surface area contributed by atoms with Gasteiger partial charge in [-0.3, -0.25) is 0 Å². The summed E-state index contributed by atoms with van der Waals surface area (Å²) in [6.45, 7) is 0. The Labute approximate surface area is 123 Å². The van der Waals surface area contributed by atoms with Crippen molar-refractivity contribution < 1.29 is 0 Å².